The van der Waals surface area contributed by atoms with Gasteiger partial charge in [-0.25, -0.2) is 13.6 Å². The van der Waals surface area contributed by atoms with Crippen molar-refractivity contribution in [2.24, 2.45) is 0 Å². The van der Waals surface area contributed by atoms with E-state index < -0.39 is 34.0 Å². The van der Waals surface area contributed by atoms with Gasteiger partial charge in [0.25, 0.3) is 0 Å². The molecule has 0 amide bonds. The Balaban J connectivity index is 2.39. The summed E-state index contributed by atoms with van der Waals surface area (Å²) in [4.78, 5) is 22.0. The van der Waals surface area contributed by atoms with Gasteiger partial charge in [0, 0.05) is 12.1 Å². The molecule has 0 radical (unpaired) electrons. The predicted molar refractivity (Wildman–Crippen MR) is 71.0 cm³/mol. The zero-order chi connectivity index (χ0) is 16.3. The third kappa shape index (κ3) is 3.17. The molecule has 0 N–H and O–H groups in total. The number of nitro groups is 1. The number of nitro benzene ring substituents is 1. The first-order valence-corrected chi connectivity index (χ1v) is 5.92. The highest BCUT2D eigenvalue weighted by Gasteiger charge is 2.22. The highest BCUT2D eigenvalue weighted by Crippen LogP contribution is 2.29. The van der Waals surface area contributed by atoms with Gasteiger partial charge in [-0.2, -0.15) is 0 Å². The summed E-state index contributed by atoms with van der Waals surface area (Å²) in [6.45, 7) is 0. The van der Waals surface area contributed by atoms with Crippen molar-refractivity contribution in [1.82, 2.24) is 0 Å². The summed E-state index contributed by atoms with van der Waals surface area (Å²) in [7, 11) is 1.26. The standard InChI is InChI=1S/C14H9F2NO5/c1-21-12-5-3-8(15)6-10(12)14(18)22-13-7-9(16)2-4-11(13)17(19)20/h2-7H,1H3. The van der Waals surface area contributed by atoms with Crippen molar-refractivity contribution in [2.75, 3.05) is 7.11 Å². The second-order valence-electron chi connectivity index (χ2n) is 4.10. The van der Waals surface area contributed by atoms with Crippen molar-refractivity contribution in [3.05, 3.63) is 63.7 Å². The number of halogens is 2. The van der Waals surface area contributed by atoms with E-state index in [1.807, 2.05) is 0 Å². The fraction of sp³-hybridized carbons (Fsp3) is 0.0714. The molecule has 22 heavy (non-hydrogen) atoms. The zero-order valence-corrected chi connectivity index (χ0v) is 11.2. The van der Waals surface area contributed by atoms with E-state index in [9.17, 15) is 23.7 Å². The normalized spacial score (nSPS) is 10.1. The SMILES string of the molecule is COc1ccc(F)cc1C(=O)Oc1cc(F)ccc1[N+](=O)[O-]. The molecular weight excluding hydrogens is 300 g/mol. The zero-order valence-electron chi connectivity index (χ0n) is 11.2. The molecule has 0 heterocycles. The number of hydrogen-bond donors (Lipinski definition) is 0. The fourth-order valence-corrected chi connectivity index (χ4v) is 1.72. The van der Waals surface area contributed by atoms with Crippen molar-refractivity contribution in [3.63, 3.8) is 0 Å². The molecule has 6 nitrogen and oxygen atoms in total. The average Bonchev–Trinajstić information content (AvgIpc) is 2.46. The van der Waals surface area contributed by atoms with E-state index >= 15 is 0 Å². The molecule has 0 aromatic heterocycles. The third-order valence-corrected chi connectivity index (χ3v) is 2.70. The first-order valence-electron chi connectivity index (χ1n) is 5.92. The maximum Gasteiger partial charge on any atom is 0.347 e. The third-order valence-electron chi connectivity index (χ3n) is 2.70. The number of hydrogen-bond acceptors (Lipinski definition) is 5. The number of methoxy groups -OCH3 is 1. The van der Waals surface area contributed by atoms with Gasteiger partial charge in [0.15, 0.2) is 0 Å². The fourth-order valence-electron chi connectivity index (χ4n) is 1.72. The first-order chi connectivity index (χ1) is 10.4. The molecule has 2 rings (SSSR count). The second kappa shape index (κ2) is 6.17. The minimum atomic E-state index is -1.11. The lowest BCUT2D eigenvalue weighted by molar-refractivity contribution is -0.385. The van der Waals surface area contributed by atoms with Crippen LogP contribution in [0.5, 0.6) is 11.5 Å². The van der Waals surface area contributed by atoms with Gasteiger partial charge in [-0.3, -0.25) is 10.1 Å². The molecule has 0 aliphatic carbocycles. The van der Waals surface area contributed by atoms with E-state index in [-0.39, 0.29) is 11.3 Å². The monoisotopic (exact) mass is 309 g/mol. The number of carbonyl (C=O) groups excluding carboxylic acids is 1. The Labute approximate surface area is 123 Å². The van der Waals surface area contributed by atoms with Crippen LogP contribution < -0.4 is 9.47 Å². The van der Waals surface area contributed by atoms with Gasteiger partial charge in [0.2, 0.25) is 5.75 Å². The molecule has 114 valence electrons. The lowest BCUT2D eigenvalue weighted by Gasteiger charge is -2.09. The summed E-state index contributed by atoms with van der Waals surface area (Å²) in [5.74, 6) is -3.21. The largest absolute Gasteiger partial charge is 0.496 e. The molecular formula is C14H9F2NO5. The van der Waals surface area contributed by atoms with Gasteiger partial charge in [-0.1, -0.05) is 0 Å². The average molecular weight is 309 g/mol. The van der Waals surface area contributed by atoms with Crippen LogP contribution in [-0.4, -0.2) is 18.0 Å². The second-order valence-corrected chi connectivity index (χ2v) is 4.10. The molecule has 0 spiro atoms. The maximum absolute atomic E-state index is 13.2. The quantitative estimate of drug-likeness (QED) is 0.375. The molecule has 0 aliphatic rings. The van der Waals surface area contributed by atoms with E-state index in [0.29, 0.717) is 6.07 Å². The van der Waals surface area contributed by atoms with Gasteiger partial charge in [-0.15, -0.1) is 0 Å². The highest BCUT2D eigenvalue weighted by atomic mass is 19.1. The minimum Gasteiger partial charge on any atom is -0.496 e. The van der Waals surface area contributed by atoms with Crippen molar-refractivity contribution < 1.29 is 28.0 Å². The topological polar surface area (TPSA) is 78.7 Å². The molecule has 0 atom stereocenters. The Bertz CT molecular complexity index is 748. The molecule has 2 aromatic rings. The molecule has 0 saturated heterocycles. The minimum absolute atomic E-state index is 0.0189. The van der Waals surface area contributed by atoms with Crippen LogP contribution in [0, 0.1) is 21.7 Å². The highest BCUT2D eigenvalue weighted by molar-refractivity contribution is 5.94. The van der Waals surface area contributed by atoms with Crippen molar-refractivity contribution >= 4 is 11.7 Å². The van der Waals surface area contributed by atoms with Crippen LogP contribution in [0.2, 0.25) is 0 Å². The summed E-state index contributed by atoms with van der Waals surface area (Å²) in [5.41, 5.74) is -0.869. The summed E-state index contributed by atoms with van der Waals surface area (Å²) < 4.78 is 36.1. The lowest BCUT2D eigenvalue weighted by Crippen LogP contribution is -2.12. The number of nitrogens with zero attached hydrogens (tertiary/aromatic N) is 1. The number of ether oxygens (including phenoxy) is 2. The van der Waals surface area contributed by atoms with Crippen LogP contribution in [0.4, 0.5) is 14.5 Å². The van der Waals surface area contributed by atoms with Crippen LogP contribution in [-0.2, 0) is 0 Å². The number of benzene rings is 2. The van der Waals surface area contributed by atoms with Crippen LogP contribution >= 0.6 is 0 Å². The first kappa shape index (κ1) is 15.4. The van der Waals surface area contributed by atoms with Crippen LogP contribution in [0.1, 0.15) is 10.4 Å². The molecule has 0 aliphatic heterocycles. The van der Waals surface area contributed by atoms with Gasteiger partial charge in [-0.05, 0) is 24.3 Å². The lowest BCUT2D eigenvalue weighted by atomic mass is 10.2. The van der Waals surface area contributed by atoms with Crippen LogP contribution in [0.25, 0.3) is 0 Å². The molecule has 0 saturated carbocycles. The summed E-state index contributed by atoms with van der Waals surface area (Å²) in [5, 5.41) is 10.8. The Morgan fingerprint density at radius 3 is 2.36 bits per heavy atom. The van der Waals surface area contributed by atoms with E-state index in [4.69, 9.17) is 9.47 Å². The number of carbonyl (C=O) groups is 1. The van der Waals surface area contributed by atoms with Crippen LogP contribution in [0.3, 0.4) is 0 Å². The van der Waals surface area contributed by atoms with Gasteiger partial charge < -0.3 is 9.47 Å². The van der Waals surface area contributed by atoms with E-state index in [2.05, 4.69) is 0 Å². The maximum atomic E-state index is 13.2. The molecule has 0 fully saturated rings. The van der Waals surface area contributed by atoms with E-state index in [0.717, 1.165) is 24.3 Å². The van der Waals surface area contributed by atoms with E-state index in [1.54, 1.807) is 0 Å². The summed E-state index contributed by atoms with van der Waals surface area (Å²) in [6.07, 6.45) is 0. The smallest absolute Gasteiger partial charge is 0.347 e. The van der Waals surface area contributed by atoms with Gasteiger partial charge in [0.1, 0.15) is 22.9 Å². The Hall–Kier alpha value is -3.03. The molecule has 0 bridgehead atoms. The van der Waals surface area contributed by atoms with Gasteiger partial charge in [0.05, 0.1) is 12.0 Å². The predicted octanol–water partition coefficient (Wildman–Crippen LogP) is 3.10. The van der Waals surface area contributed by atoms with E-state index in [1.165, 1.54) is 13.2 Å². The van der Waals surface area contributed by atoms with Crippen molar-refractivity contribution in [2.45, 2.75) is 0 Å². The number of rotatable bonds is 4. The van der Waals surface area contributed by atoms with Crippen molar-refractivity contribution in [3.8, 4) is 11.5 Å². The van der Waals surface area contributed by atoms with Gasteiger partial charge >= 0.3 is 11.7 Å². The summed E-state index contributed by atoms with van der Waals surface area (Å²) >= 11 is 0. The summed E-state index contributed by atoms with van der Waals surface area (Å²) in [6, 6.07) is 5.54. The van der Waals surface area contributed by atoms with Crippen LogP contribution in [0.15, 0.2) is 36.4 Å². The molecule has 8 heteroatoms. The number of esters is 1. The Kier molecular flexibility index (Phi) is 4.31. The Morgan fingerprint density at radius 2 is 1.73 bits per heavy atom. The molecule has 0 unspecified atom stereocenters. The Morgan fingerprint density at radius 1 is 1.09 bits per heavy atom. The van der Waals surface area contributed by atoms with Crippen molar-refractivity contribution in [1.29, 1.82) is 0 Å². The molecule has 2 aromatic carbocycles.